The largest absolute Gasteiger partial charge is 0.348 e. The van der Waals surface area contributed by atoms with Crippen molar-refractivity contribution in [3.05, 3.63) is 100 Å². The van der Waals surface area contributed by atoms with E-state index < -0.39 is 22.0 Å². The number of hydrogen-bond acceptors (Lipinski definition) is 3. The predicted molar refractivity (Wildman–Crippen MR) is 123 cm³/mol. The number of carbonyl (C=O) groups is 1. The first-order chi connectivity index (χ1) is 15.1. The number of halogens is 2. The maximum absolute atomic E-state index is 13.3. The van der Waals surface area contributed by atoms with Crippen LogP contribution in [-0.2, 0) is 21.4 Å². The van der Waals surface area contributed by atoms with E-state index in [9.17, 15) is 17.6 Å². The van der Waals surface area contributed by atoms with Crippen LogP contribution in [0.3, 0.4) is 0 Å². The van der Waals surface area contributed by atoms with Crippen LogP contribution in [0.1, 0.15) is 29.7 Å². The predicted octanol–water partition coefficient (Wildman–Crippen LogP) is 4.86. The van der Waals surface area contributed by atoms with Gasteiger partial charge in [0.25, 0.3) is 0 Å². The number of nitrogens with one attached hydrogen (secondary N) is 1. The van der Waals surface area contributed by atoms with Gasteiger partial charge >= 0.3 is 0 Å². The average Bonchev–Trinajstić information content (AvgIpc) is 2.74. The Hall–Kier alpha value is -2.74. The van der Waals surface area contributed by atoms with Gasteiger partial charge in [-0.05, 0) is 61.4 Å². The highest BCUT2D eigenvalue weighted by Gasteiger charge is 2.27. The average molecular weight is 475 g/mol. The van der Waals surface area contributed by atoms with Crippen LogP contribution in [0.2, 0.25) is 5.02 Å². The normalized spacial score (nSPS) is 12.5. The summed E-state index contributed by atoms with van der Waals surface area (Å²) < 4.78 is 41.0. The highest BCUT2D eigenvalue weighted by Crippen LogP contribution is 2.21. The number of benzene rings is 3. The number of nitrogens with zero attached hydrogens (tertiary/aromatic N) is 1. The molecule has 1 N–H and O–H groups in total. The van der Waals surface area contributed by atoms with Gasteiger partial charge in [-0.25, -0.2) is 12.8 Å². The van der Waals surface area contributed by atoms with Gasteiger partial charge in [-0.2, -0.15) is 4.31 Å². The molecule has 0 aromatic heterocycles. The minimum atomic E-state index is -3.97. The van der Waals surface area contributed by atoms with E-state index in [1.165, 1.54) is 36.4 Å². The van der Waals surface area contributed by atoms with E-state index in [0.29, 0.717) is 10.6 Å². The summed E-state index contributed by atoms with van der Waals surface area (Å²) in [5, 5.41) is 3.20. The van der Waals surface area contributed by atoms with Crippen molar-refractivity contribution in [2.75, 3.05) is 6.54 Å². The number of amides is 1. The molecule has 3 aromatic rings. The molecule has 0 bridgehead atoms. The number of carbonyl (C=O) groups excluding carboxylic acids is 1. The van der Waals surface area contributed by atoms with Crippen molar-refractivity contribution in [1.82, 2.24) is 9.62 Å². The van der Waals surface area contributed by atoms with Crippen molar-refractivity contribution in [1.29, 1.82) is 0 Å². The molecule has 32 heavy (non-hydrogen) atoms. The zero-order valence-corrected chi connectivity index (χ0v) is 19.3. The molecule has 5 nitrogen and oxygen atoms in total. The van der Waals surface area contributed by atoms with Crippen LogP contribution in [0.25, 0.3) is 0 Å². The van der Waals surface area contributed by atoms with Crippen LogP contribution in [0.5, 0.6) is 0 Å². The quantitative estimate of drug-likeness (QED) is 0.507. The first-order valence-corrected chi connectivity index (χ1v) is 11.8. The van der Waals surface area contributed by atoms with Gasteiger partial charge in [-0.1, -0.05) is 53.6 Å². The smallest absolute Gasteiger partial charge is 0.243 e. The molecule has 3 rings (SSSR count). The van der Waals surface area contributed by atoms with Gasteiger partial charge in [0.05, 0.1) is 17.5 Å². The summed E-state index contributed by atoms with van der Waals surface area (Å²) in [6.07, 6.45) is 0. The summed E-state index contributed by atoms with van der Waals surface area (Å²) >= 11 is 5.90. The Balaban J connectivity index is 1.83. The van der Waals surface area contributed by atoms with Crippen LogP contribution >= 0.6 is 11.6 Å². The lowest BCUT2D eigenvalue weighted by molar-refractivity contribution is -0.122. The van der Waals surface area contributed by atoms with E-state index in [4.69, 9.17) is 11.6 Å². The highest BCUT2D eigenvalue weighted by atomic mass is 35.5. The van der Waals surface area contributed by atoms with E-state index in [1.54, 1.807) is 19.1 Å². The molecule has 0 unspecified atom stereocenters. The Bertz CT molecular complexity index is 1180. The second-order valence-corrected chi connectivity index (χ2v) is 9.93. The zero-order chi connectivity index (χ0) is 23.3. The van der Waals surface area contributed by atoms with Crippen LogP contribution < -0.4 is 5.32 Å². The van der Waals surface area contributed by atoms with Crippen molar-refractivity contribution in [2.24, 2.45) is 0 Å². The summed E-state index contributed by atoms with van der Waals surface area (Å²) in [4.78, 5) is 12.8. The standard InChI is InChI=1S/C24H24ClFN2O3S/c1-17-4-3-5-19(14-17)15-28(32(30,31)23-12-8-21(25)9-13-23)16-24(29)27-18(2)20-6-10-22(26)11-7-20/h3-14,18H,15-16H2,1-2H3,(H,27,29)/t18-/m0/s1. The van der Waals surface area contributed by atoms with E-state index in [0.717, 1.165) is 15.4 Å². The molecule has 1 atom stereocenters. The van der Waals surface area contributed by atoms with Crippen LogP contribution in [0, 0.1) is 12.7 Å². The van der Waals surface area contributed by atoms with Crippen molar-refractivity contribution >= 4 is 27.5 Å². The maximum atomic E-state index is 13.3. The molecule has 0 heterocycles. The molecule has 0 fully saturated rings. The molecule has 0 saturated carbocycles. The Kier molecular flexibility index (Phi) is 7.66. The Morgan fingerprint density at radius 3 is 2.34 bits per heavy atom. The van der Waals surface area contributed by atoms with E-state index in [2.05, 4.69) is 5.32 Å². The van der Waals surface area contributed by atoms with Crippen LogP contribution in [0.15, 0.2) is 77.7 Å². The lowest BCUT2D eigenvalue weighted by atomic mass is 10.1. The lowest BCUT2D eigenvalue weighted by Crippen LogP contribution is -2.41. The summed E-state index contributed by atoms with van der Waals surface area (Å²) in [5.74, 6) is -0.835. The molecule has 3 aromatic carbocycles. The molecule has 0 radical (unpaired) electrons. The first-order valence-electron chi connectivity index (χ1n) is 10.0. The molecule has 0 saturated heterocycles. The Labute approximate surface area is 192 Å². The molecule has 0 aliphatic rings. The van der Waals surface area contributed by atoms with Gasteiger partial charge in [0.1, 0.15) is 5.82 Å². The van der Waals surface area contributed by atoms with E-state index in [1.807, 2.05) is 31.2 Å². The van der Waals surface area contributed by atoms with Gasteiger partial charge in [-0.3, -0.25) is 4.79 Å². The maximum Gasteiger partial charge on any atom is 0.243 e. The van der Waals surface area contributed by atoms with Gasteiger partial charge in [0, 0.05) is 11.6 Å². The topological polar surface area (TPSA) is 66.5 Å². The minimum Gasteiger partial charge on any atom is -0.348 e. The Morgan fingerprint density at radius 2 is 1.72 bits per heavy atom. The van der Waals surface area contributed by atoms with Crippen LogP contribution in [-0.4, -0.2) is 25.2 Å². The number of sulfonamides is 1. The molecule has 0 aliphatic heterocycles. The van der Waals surface area contributed by atoms with Gasteiger partial charge in [0.15, 0.2) is 0 Å². The number of hydrogen-bond donors (Lipinski definition) is 1. The summed E-state index contributed by atoms with van der Waals surface area (Å²) in [5.41, 5.74) is 2.47. The van der Waals surface area contributed by atoms with Gasteiger partial charge in [-0.15, -0.1) is 0 Å². The summed E-state index contributed by atoms with van der Waals surface area (Å²) in [7, 11) is -3.97. The molecule has 0 spiro atoms. The monoisotopic (exact) mass is 474 g/mol. The third kappa shape index (κ3) is 6.16. The lowest BCUT2D eigenvalue weighted by Gasteiger charge is -2.23. The third-order valence-corrected chi connectivity index (χ3v) is 7.02. The summed E-state index contributed by atoms with van der Waals surface area (Å²) in [6, 6.07) is 18.6. The third-order valence-electron chi connectivity index (χ3n) is 4.96. The SMILES string of the molecule is Cc1cccc(CN(CC(=O)N[C@@H](C)c2ccc(F)cc2)S(=O)(=O)c2ccc(Cl)cc2)c1. The second-order valence-electron chi connectivity index (χ2n) is 7.56. The van der Waals surface area contributed by atoms with Crippen LogP contribution in [0.4, 0.5) is 4.39 Å². The number of aryl methyl sites for hydroxylation is 1. The van der Waals surface area contributed by atoms with E-state index >= 15 is 0 Å². The molecule has 0 aliphatic carbocycles. The highest BCUT2D eigenvalue weighted by molar-refractivity contribution is 7.89. The van der Waals surface area contributed by atoms with Gasteiger partial charge in [0.2, 0.25) is 15.9 Å². The molecular weight excluding hydrogens is 451 g/mol. The summed E-state index contributed by atoms with van der Waals surface area (Å²) in [6.45, 7) is 3.33. The van der Waals surface area contributed by atoms with Crippen molar-refractivity contribution in [3.8, 4) is 0 Å². The first kappa shape index (κ1) is 23.9. The van der Waals surface area contributed by atoms with Crippen molar-refractivity contribution in [2.45, 2.75) is 31.3 Å². The van der Waals surface area contributed by atoms with Gasteiger partial charge < -0.3 is 5.32 Å². The second kappa shape index (κ2) is 10.3. The molecular formula is C24H24ClFN2O3S. The fraction of sp³-hybridized carbons (Fsp3) is 0.208. The minimum absolute atomic E-state index is 0.0327. The molecule has 8 heteroatoms. The van der Waals surface area contributed by atoms with Crippen molar-refractivity contribution in [3.63, 3.8) is 0 Å². The zero-order valence-electron chi connectivity index (χ0n) is 17.8. The number of rotatable bonds is 8. The fourth-order valence-corrected chi connectivity index (χ4v) is 4.79. The fourth-order valence-electron chi connectivity index (χ4n) is 3.28. The molecule has 1 amide bonds. The van der Waals surface area contributed by atoms with E-state index in [-0.39, 0.29) is 23.8 Å². The molecule has 168 valence electrons. The Morgan fingerprint density at radius 1 is 1.06 bits per heavy atom. The van der Waals surface area contributed by atoms with Crippen molar-refractivity contribution < 1.29 is 17.6 Å².